The molecule has 1 aromatic heterocycles. The van der Waals surface area contributed by atoms with Crippen molar-refractivity contribution in [2.24, 2.45) is 0 Å². The van der Waals surface area contributed by atoms with E-state index in [1.807, 2.05) is 71.3 Å². The summed E-state index contributed by atoms with van der Waals surface area (Å²) in [6, 6.07) is 21.3. The van der Waals surface area contributed by atoms with Crippen molar-refractivity contribution in [2.45, 2.75) is 13.5 Å². The number of alkyl halides is 1. The summed E-state index contributed by atoms with van der Waals surface area (Å²) < 4.78 is 24.1. The summed E-state index contributed by atoms with van der Waals surface area (Å²) in [5.74, 6) is 2.16. The van der Waals surface area contributed by atoms with Crippen LogP contribution in [0.1, 0.15) is 23.0 Å². The molecule has 0 saturated carbocycles. The lowest BCUT2D eigenvalue weighted by Crippen LogP contribution is -2.14. The van der Waals surface area contributed by atoms with E-state index in [9.17, 15) is 4.79 Å². The summed E-state index contributed by atoms with van der Waals surface area (Å²) in [5, 5.41) is 0.883. The number of carbonyl (C=O) groups is 1. The molecule has 7 heteroatoms. The molecule has 0 aliphatic carbocycles. The molecule has 0 N–H and O–H groups in total. The lowest BCUT2D eigenvalue weighted by Gasteiger charge is -2.13. The van der Waals surface area contributed by atoms with Crippen LogP contribution in [0.3, 0.4) is 0 Å². The van der Waals surface area contributed by atoms with Crippen molar-refractivity contribution < 1.29 is 23.7 Å². The first kappa shape index (κ1) is 24.5. The van der Waals surface area contributed by atoms with Crippen LogP contribution in [-0.4, -0.2) is 43.8 Å². The van der Waals surface area contributed by atoms with E-state index in [0.29, 0.717) is 30.5 Å². The number of halogens is 1. The van der Waals surface area contributed by atoms with Gasteiger partial charge in [0.1, 0.15) is 29.5 Å². The van der Waals surface area contributed by atoms with E-state index < -0.39 is 0 Å². The second-order valence-corrected chi connectivity index (χ2v) is 8.20. The van der Waals surface area contributed by atoms with Gasteiger partial charge in [-0.15, -0.1) is 11.6 Å². The molecular formula is C28H28ClNO5. The van der Waals surface area contributed by atoms with Crippen LogP contribution in [0, 0.1) is 0 Å². The number of benzene rings is 3. The number of carbonyl (C=O) groups excluding carboxylic acids is 1. The van der Waals surface area contributed by atoms with Crippen molar-refractivity contribution in [1.82, 2.24) is 4.57 Å². The van der Waals surface area contributed by atoms with E-state index in [1.54, 1.807) is 21.1 Å². The topological polar surface area (TPSA) is 58.9 Å². The highest BCUT2D eigenvalue weighted by atomic mass is 35.5. The Morgan fingerprint density at radius 1 is 0.914 bits per heavy atom. The standard InChI is InChI=1S/C28H28ClNO5/c1-4-34-28(31)27-26(20-8-10-21(32-2)11-9-20)24-17-23(35-15-14-29)12-13-25(24)30(27)18-19-6-5-7-22(16-19)33-3/h5-13,16-17H,4,14-15,18H2,1-3H3. The number of methoxy groups -OCH3 is 2. The highest BCUT2D eigenvalue weighted by Gasteiger charge is 2.26. The molecule has 1 heterocycles. The molecular weight excluding hydrogens is 466 g/mol. The minimum absolute atomic E-state index is 0.269. The number of aromatic nitrogens is 1. The van der Waals surface area contributed by atoms with E-state index in [1.165, 1.54) is 0 Å². The lowest BCUT2D eigenvalue weighted by atomic mass is 10.0. The Bertz CT molecular complexity index is 1310. The third-order valence-electron chi connectivity index (χ3n) is 5.70. The molecule has 35 heavy (non-hydrogen) atoms. The number of fused-ring (bicyclic) bond motifs is 1. The maximum absolute atomic E-state index is 13.4. The second kappa shape index (κ2) is 11.2. The van der Waals surface area contributed by atoms with E-state index in [-0.39, 0.29) is 12.6 Å². The highest BCUT2D eigenvalue weighted by Crippen LogP contribution is 2.38. The quantitative estimate of drug-likeness (QED) is 0.195. The van der Waals surface area contributed by atoms with Gasteiger partial charge in [-0.1, -0.05) is 24.3 Å². The first-order valence-electron chi connectivity index (χ1n) is 11.4. The van der Waals surface area contributed by atoms with Crippen LogP contribution in [0.2, 0.25) is 0 Å². The fraction of sp³-hybridized carbons (Fsp3) is 0.250. The number of hydrogen-bond donors (Lipinski definition) is 0. The molecule has 0 spiro atoms. The van der Waals surface area contributed by atoms with Gasteiger partial charge in [-0.3, -0.25) is 0 Å². The Morgan fingerprint density at radius 2 is 1.66 bits per heavy atom. The van der Waals surface area contributed by atoms with Crippen LogP contribution < -0.4 is 14.2 Å². The molecule has 0 bridgehead atoms. The number of esters is 1. The monoisotopic (exact) mass is 493 g/mol. The molecule has 0 aliphatic rings. The van der Waals surface area contributed by atoms with Gasteiger partial charge >= 0.3 is 5.97 Å². The summed E-state index contributed by atoms with van der Waals surface area (Å²) >= 11 is 5.83. The van der Waals surface area contributed by atoms with Gasteiger partial charge in [-0.25, -0.2) is 4.79 Å². The van der Waals surface area contributed by atoms with Crippen molar-refractivity contribution in [3.05, 3.63) is 78.0 Å². The van der Waals surface area contributed by atoms with Crippen LogP contribution >= 0.6 is 11.6 Å². The molecule has 0 amide bonds. The van der Waals surface area contributed by atoms with Gasteiger partial charge in [0.05, 0.1) is 26.7 Å². The third kappa shape index (κ3) is 5.23. The molecule has 0 radical (unpaired) electrons. The highest BCUT2D eigenvalue weighted by molar-refractivity contribution is 6.18. The van der Waals surface area contributed by atoms with Gasteiger partial charge in [-0.05, 0) is 60.5 Å². The maximum atomic E-state index is 13.4. The second-order valence-electron chi connectivity index (χ2n) is 7.83. The smallest absolute Gasteiger partial charge is 0.355 e. The molecule has 6 nitrogen and oxygen atoms in total. The van der Waals surface area contributed by atoms with Crippen molar-refractivity contribution in [3.8, 4) is 28.4 Å². The first-order chi connectivity index (χ1) is 17.1. The average molecular weight is 494 g/mol. The number of nitrogens with zero attached hydrogens (tertiary/aromatic N) is 1. The predicted molar refractivity (Wildman–Crippen MR) is 138 cm³/mol. The molecule has 3 aromatic carbocycles. The van der Waals surface area contributed by atoms with Gasteiger partial charge < -0.3 is 23.5 Å². The minimum Gasteiger partial charge on any atom is -0.497 e. The molecule has 0 unspecified atom stereocenters. The van der Waals surface area contributed by atoms with Crippen molar-refractivity contribution in [2.75, 3.05) is 33.3 Å². The van der Waals surface area contributed by atoms with Crippen LogP contribution in [-0.2, 0) is 11.3 Å². The summed E-state index contributed by atoms with van der Waals surface area (Å²) in [4.78, 5) is 13.4. The summed E-state index contributed by atoms with van der Waals surface area (Å²) in [6.07, 6.45) is 0. The normalized spacial score (nSPS) is 10.9. The van der Waals surface area contributed by atoms with Gasteiger partial charge in [0.25, 0.3) is 0 Å². The zero-order valence-electron chi connectivity index (χ0n) is 20.0. The fourth-order valence-corrected chi connectivity index (χ4v) is 4.24. The SMILES string of the molecule is CCOC(=O)c1c(-c2ccc(OC)cc2)c2cc(OCCCl)ccc2n1Cc1cccc(OC)c1. The average Bonchev–Trinajstić information content (AvgIpc) is 3.21. The van der Waals surface area contributed by atoms with Crippen molar-refractivity contribution in [3.63, 3.8) is 0 Å². The molecule has 4 rings (SSSR count). The molecule has 0 fully saturated rings. The van der Waals surface area contributed by atoms with Gasteiger partial charge in [0.2, 0.25) is 0 Å². The summed E-state index contributed by atoms with van der Waals surface area (Å²) in [7, 11) is 3.26. The zero-order chi connectivity index (χ0) is 24.8. The third-order valence-corrected chi connectivity index (χ3v) is 5.86. The van der Waals surface area contributed by atoms with E-state index >= 15 is 0 Å². The molecule has 182 valence electrons. The Kier molecular flexibility index (Phi) is 7.83. The Morgan fingerprint density at radius 3 is 2.34 bits per heavy atom. The van der Waals surface area contributed by atoms with Crippen molar-refractivity contribution >= 4 is 28.5 Å². The minimum atomic E-state index is -0.388. The summed E-state index contributed by atoms with van der Waals surface area (Å²) in [5.41, 5.74) is 4.01. The lowest BCUT2D eigenvalue weighted by molar-refractivity contribution is 0.0516. The number of rotatable bonds is 10. The zero-order valence-corrected chi connectivity index (χ0v) is 20.8. The number of hydrogen-bond acceptors (Lipinski definition) is 5. The Labute approximate surface area is 209 Å². The van der Waals surface area contributed by atoms with Gasteiger partial charge in [-0.2, -0.15) is 0 Å². The molecule has 0 saturated heterocycles. The molecule has 4 aromatic rings. The van der Waals surface area contributed by atoms with Crippen LogP contribution in [0.5, 0.6) is 17.2 Å². The Balaban J connectivity index is 1.97. The maximum Gasteiger partial charge on any atom is 0.355 e. The van der Waals surface area contributed by atoms with E-state index in [4.69, 9.17) is 30.5 Å². The van der Waals surface area contributed by atoms with Crippen LogP contribution in [0.25, 0.3) is 22.0 Å². The van der Waals surface area contributed by atoms with E-state index in [2.05, 4.69) is 0 Å². The first-order valence-corrected chi connectivity index (χ1v) is 11.9. The summed E-state index contributed by atoms with van der Waals surface area (Å²) in [6.45, 7) is 2.92. The predicted octanol–water partition coefficient (Wildman–Crippen LogP) is 6.17. The van der Waals surface area contributed by atoms with E-state index in [0.717, 1.165) is 39.1 Å². The van der Waals surface area contributed by atoms with Gasteiger partial charge in [0.15, 0.2) is 0 Å². The fourth-order valence-electron chi connectivity index (χ4n) is 4.16. The number of ether oxygens (including phenoxy) is 4. The van der Waals surface area contributed by atoms with Gasteiger partial charge in [0, 0.05) is 23.0 Å². The largest absolute Gasteiger partial charge is 0.497 e. The van der Waals surface area contributed by atoms with Crippen molar-refractivity contribution in [1.29, 1.82) is 0 Å². The molecule has 0 atom stereocenters. The van der Waals surface area contributed by atoms with Crippen LogP contribution in [0.15, 0.2) is 66.7 Å². The molecule has 0 aliphatic heterocycles. The Hall–Kier alpha value is -3.64. The van der Waals surface area contributed by atoms with Crippen LogP contribution in [0.4, 0.5) is 0 Å².